The van der Waals surface area contributed by atoms with Crippen molar-refractivity contribution in [3.63, 3.8) is 0 Å². The second kappa shape index (κ2) is 4.76. The second-order valence-corrected chi connectivity index (χ2v) is 7.79. The first-order chi connectivity index (χ1) is 10.2. The molecule has 0 aromatic heterocycles. The van der Waals surface area contributed by atoms with Gasteiger partial charge in [0.2, 0.25) is 0 Å². The molecule has 0 radical (unpaired) electrons. The van der Waals surface area contributed by atoms with E-state index in [4.69, 9.17) is 0 Å². The summed E-state index contributed by atoms with van der Waals surface area (Å²) in [5.41, 5.74) is 2.98. The highest BCUT2D eigenvalue weighted by atomic mass is 16.3. The van der Waals surface area contributed by atoms with E-state index in [0.717, 1.165) is 48.8 Å². The lowest BCUT2D eigenvalue weighted by Crippen LogP contribution is -2.32. The maximum absolute atomic E-state index is 10.8. The predicted molar refractivity (Wildman–Crippen MR) is 87.3 cm³/mol. The van der Waals surface area contributed by atoms with E-state index in [1.165, 1.54) is 0 Å². The lowest BCUT2D eigenvalue weighted by Gasteiger charge is -2.42. The predicted octanol–water partition coefficient (Wildman–Crippen LogP) is 3.88. The molecule has 0 bridgehead atoms. The van der Waals surface area contributed by atoms with E-state index in [9.17, 15) is 15.3 Å². The Bertz CT molecular complexity index is 645. The minimum atomic E-state index is -0.824. The Morgan fingerprint density at radius 1 is 1.05 bits per heavy atom. The van der Waals surface area contributed by atoms with Crippen LogP contribution in [0.1, 0.15) is 68.4 Å². The smallest absolute Gasteiger partial charge is 0.163 e. The lowest BCUT2D eigenvalue weighted by atomic mass is 9.64. The standard InChI is InChI=1S/C19H26O3/c1-5-19(4)10-8-11-12-7-6-9-18(2,3)14(12)16(21)15(20)13(11)17(19)22/h5,17,20-22H,1,6-10H2,2-4H3. The third kappa shape index (κ3) is 1.91. The van der Waals surface area contributed by atoms with Gasteiger partial charge in [-0.3, -0.25) is 0 Å². The molecular formula is C19H26O3. The number of aromatic hydroxyl groups is 2. The quantitative estimate of drug-likeness (QED) is 0.545. The van der Waals surface area contributed by atoms with Gasteiger partial charge in [0.15, 0.2) is 11.5 Å². The van der Waals surface area contributed by atoms with Crippen molar-refractivity contribution < 1.29 is 15.3 Å². The molecule has 0 amide bonds. The van der Waals surface area contributed by atoms with Crippen LogP contribution in [-0.4, -0.2) is 15.3 Å². The van der Waals surface area contributed by atoms with E-state index in [-0.39, 0.29) is 16.9 Å². The maximum Gasteiger partial charge on any atom is 0.163 e. The number of rotatable bonds is 1. The molecule has 0 heterocycles. The number of hydrogen-bond donors (Lipinski definition) is 3. The summed E-state index contributed by atoms with van der Waals surface area (Å²) in [5, 5.41) is 32.0. The van der Waals surface area contributed by atoms with Crippen molar-refractivity contribution in [2.75, 3.05) is 0 Å². The van der Waals surface area contributed by atoms with Crippen molar-refractivity contribution in [1.82, 2.24) is 0 Å². The highest BCUT2D eigenvalue weighted by Crippen LogP contribution is 2.55. The van der Waals surface area contributed by atoms with Gasteiger partial charge in [-0.1, -0.05) is 26.8 Å². The summed E-state index contributed by atoms with van der Waals surface area (Å²) in [6, 6.07) is 0. The Morgan fingerprint density at radius 3 is 2.36 bits per heavy atom. The fourth-order valence-corrected chi connectivity index (χ4v) is 4.34. The van der Waals surface area contributed by atoms with Gasteiger partial charge in [0, 0.05) is 16.5 Å². The third-order valence-electron chi connectivity index (χ3n) is 5.89. The number of fused-ring (bicyclic) bond motifs is 3. The molecule has 22 heavy (non-hydrogen) atoms. The van der Waals surface area contributed by atoms with Crippen molar-refractivity contribution in [2.45, 2.75) is 64.4 Å². The van der Waals surface area contributed by atoms with Gasteiger partial charge >= 0.3 is 0 Å². The van der Waals surface area contributed by atoms with Gasteiger partial charge in [-0.2, -0.15) is 0 Å². The minimum Gasteiger partial charge on any atom is -0.504 e. The molecule has 1 aromatic carbocycles. The molecule has 1 aromatic rings. The Kier molecular flexibility index (Phi) is 3.33. The molecule has 0 saturated heterocycles. The third-order valence-corrected chi connectivity index (χ3v) is 5.89. The molecule has 0 fully saturated rings. The Labute approximate surface area is 132 Å². The monoisotopic (exact) mass is 302 g/mol. The van der Waals surface area contributed by atoms with Crippen LogP contribution in [0.3, 0.4) is 0 Å². The van der Waals surface area contributed by atoms with Crippen molar-refractivity contribution in [3.05, 3.63) is 34.9 Å². The van der Waals surface area contributed by atoms with Crippen LogP contribution < -0.4 is 0 Å². The molecule has 0 saturated carbocycles. The van der Waals surface area contributed by atoms with Crippen molar-refractivity contribution >= 4 is 0 Å². The van der Waals surface area contributed by atoms with Crippen molar-refractivity contribution in [1.29, 1.82) is 0 Å². The summed E-state index contributed by atoms with van der Waals surface area (Å²) < 4.78 is 0. The van der Waals surface area contributed by atoms with E-state index in [1.54, 1.807) is 6.08 Å². The van der Waals surface area contributed by atoms with Gasteiger partial charge in [0.05, 0.1) is 6.10 Å². The molecule has 2 unspecified atom stereocenters. The number of phenols is 2. The summed E-state index contributed by atoms with van der Waals surface area (Å²) >= 11 is 0. The number of hydrogen-bond acceptors (Lipinski definition) is 3. The molecule has 120 valence electrons. The van der Waals surface area contributed by atoms with E-state index in [2.05, 4.69) is 20.4 Å². The second-order valence-electron chi connectivity index (χ2n) is 7.79. The molecule has 2 atom stereocenters. The van der Waals surface area contributed by atoms with Crippen molar-refractivity contribution in [2.24, 2.45) is 5.41 Å². The van der Waals surface area contributed by atoms with Crippen LogP contribution in [-0.2, 0) is 18.3 Å². The highest BCUT2D eigenvalue weighted by molar-refractivity contribution is 5.63. The van der Waals surface area contributed by atoms with Gasteiger partial charge in [-0.15, -0.1) is 6.58 Å². The Morgan fingerprint density at radius 2 is 1.73 bits per heavy atom. The first-order valence-electron chi connectivity index (χ1n) is 8.14. The first-order valence-corrected chi connectivity index (χ1v) is 8.14. The topological polar surface area (TPSA) is 60.7 Å². The fraction of sp³-hybridized carbons (Fsp3) is 0.579. The summed E-state index contributed by atoms with van der Waals surface area (Å²) in [6.07, 6.45) is 5.54. The molecule has 3 heteroatoms. The number of phenolic OH excluding ortho intramolecular Hbond substituents is 2. The zero-order chi connectivity index (χ0) is 16.3. The summed E-state index contributed by atoms with van der Waals surface area (Å²) in [4.78, 5) is 0. The van der Waals surface area contributed by atoms with Gasteiger partial charge in [-0.05, 0) is 48.6 Å². The van der Waals surface area contributed by atoms with E-state index < -0.39 is 11.5 Å². The SMILES string of the molecule is C=CC1(C)CCc2c3c(c(O)c(O)c2C1O)C(C)(C)CCC3. The van der Waals surface area contributed by atoms with Crippen molar-refractivity contribution in [3.8, 4) is 11.5 Å². The average molecular weight is 302 g/mol. The highest BCUT2D eigenvalue weighted by Gasteiger charge is 2.43. The van der Waals surface area contributed by atoms with Crippen LogP contribution in [0, 0.1) is 5.41 Å². The van der Waals surface area contributed by atoms with Crippen LogP contribution in [0.5, 0.6) is 11.5 Å². The lowest BCUT2D eigenvalue weighted by molar-refractivity contribution is 0.0516. The van der Waals surface area contributed by atoms with E-state index in [1.807, 2.05) is 6.92 Å². The molecule has 3 N–H and O–H groups in total. The minimum absolute atomic E-state index is 0.0363. The molecule has 0 aliphatic heterocycles. The van der Waals surface area contributed by atoms with Gasteiger partial charge in [0.1, 0.15) is 0 Å². The molecule has 0 spiro atoms. The van der Waals surface area contributed by atoms with Crippen LogP contribution in [0.4, 0.5) is 0 Å². The van der Waals surface area contributed by atoms with Crippen LogP contribution in [0.15, 0.2) is 12.7 Å². The summed E-state index contributed by atoms with van der Waals surface area (Å²) in [5.74, 6) is -0.171. The normalized spacial score (nSPS) is 29.5. The Hall–Kier alpha value is -1.48. The fourth-order valence-electron chi connectivity index (χ4n) is 4.34. The van der Waals surface area contributed by atoms with E-state index >= 15 is 0 Å². The largest absolute Gasteiger partial charge is 0.504 e. The maximum atomic E-state index is 10.8. The van der Waals surface area contributed by atoms with Gasteiger partial charge in [-0.25, -0.2) is 0 Å². The molecule has 2 aliphatic carbocycles. The summed E-state index contributed by atoms with van der Waals surface area (Å²) in [7, 11) is 0. The Balaban J connectivity index is 2.30. The molecule has 2 aliphatic rings. The zero-order valence-corrected chi connectivity index (χ0v) is 13.7. The molecule has 3 nitrogen and oxygen atoms in total. The van der Waals surface area contributed by atoms with Crippen LogP contribution >= 0.6 is 0 Å². The first kappa shape index (κ1) is 15.4. The van der Waals surface area contributed by atoms with E-state index in [0.29, 0.717) is 5.56 Å². The van der Waals surface area contributed by atoms with Crippen LogP contribution in [0.2, 0.25) is 0 Å². The average Bonchev–Trinajstić information content (AvgIpc) is 2.46. The van der Waals surface area contributed by atoms with Gasteiger partial charge in [0.25, 0.3) is 0 Å². The van der Waals surface area contributed by atoms with Gasteiger partial charge < -0.3 is 15.3 Å². The molecular weight excluding hydrogens is 276 g/mol. The summed E-state index contributed by atoms with van der Waals surface area (Å²) in [6.45, 7) is 10.0. The van der Waals surface area contributed by atoms with Crippen LogP contribution in [0.25, 0.3) is 0 Å². The molecule has 3 rings (SSSR count). The number of benzene rings is 1. The number of aliphatic hydroxyl groups excluding tert-OH is 1. The number of aliphatic hydroxyl groups is 1. The zero-order valence-electron chi connectivity index (χ0n) is 13.7.